The zero-order chi connectivity index (χ0) is 23.5. The van der Waals surface area contributed by atoms with Crippen molar-refractivity contribution in [1.82, 2.24) is 29.7 Å². The summed E-state index contributed by atoms with van der Waals surface area (Å²) >= 11 is 0. The van der Waals surface area contributed by atoms with Crippen molar-refractivity contribution in [3.8, 4) is 22.9 Å². The van der Waals surface area contributed by atoms with Crippen LogP contribution in [0.2, 0.25) is 0 Å². The van der Waals surface area contributed by atoms with Gasteiger partial charge in [-0.25, -0.2) is 9.97 Å². The minimum atomic E-state index is 0.478. The molecule has 34 heavy (non-hydrogen) atoms. The lowest BCUT2D eigenvalue weighted by Gasteiger charge is -2.26. The number of aromatic amines is 1. The Balaban J connectivity index is 1.34. The van der Waals surface area contributed by atoms with Gasteiger partial charge in [-0.05, 0) is 63.1 Å². The number of piperidine rings is 1. The Hall–Kier alpha value is -3.10. The summed E-state index contributed by atoms with van der Waals surface area (Å²) < 4.78 is 12.9. The van der Waals surface area contributed by atoms with E-state index in [9.17, 15) is 0 Å². The summed E-state index contributed by atoms with van der Waals surface area (Å²) in [5.74, 6) is 1.10. The van der Waals surface area contributed by atoms with E-state index in [0.29, 0.717) is 11.6 Å². The van der Waals surface area contributed by atoms with Crippen LogP contribution in [-0.4, -0.2) is 64.8 Å². The largest absolute Gasteiger partial charge is 0.491 e. The molecule has 0 radical (unpaired) electrons. The van der Waals surface area contributed by atoms with Gasteiger partial charge < -0.3 is 29.2 Å². The number of aryl methyl sites for hydroxylation is 1. The van der Waals surface area contributed by atoms with Crippen LogP contribution in [0.15, 0.2) is 30.6 Å². The van der Waals surface area contributed by atoms with Gasteiger partial charge in [0.2, 0.25) is 0 Å². The van der Waals surface area contributed by atoms with Crippen LogP contribution in [0.25, 0.3) is 33.3 Å². The Morgan fingerprint density at radius 1 is 1.12 bits per heavy atom. The normalized spacial score (nSPS) is 14.8. The third-order valence-corrected chi connectivity index (χ3v) is 6.81. The number of nitrogens with one attached hydrogen (secondary N) is 2. The molecular formula is C26H34N6O2. The first kappa shape index (κ1) is 22.7. The van der Waals surface area contributed by atoms with E-state index in [4.69, 9.17) is 14.5 Å². The predicted molar refractivity (Wildman–Crippen MR) is 136 cm³/mol. The zero-order valence-electron chi connectivity index (χ0n) is 20.4. The molecule has 8 heteroatoms. The maximum Gasteiger partial charge on any atom is 0.257 e. The number of methoxy groups -OCH3 is 2. The van der Waals surface area contributed by atoms with E-state index in [1.165, 1.54) is 50.9 Å². The molecule has 0 bridgehead atoms. The number of rotatable bonds is 9. The first-order valence-corrected chi connectivity index (χ1v) is 12.2. The van der Waals surface area contributed by atoms with Crippen molar-refractivity contribution in [2.75, 3.05) is 40.4 Å². The van der Waals surface area contributed by atoms with Gasteiger partial charge in [-0.3, -0.25) is 0 Å². The average molecular weight is 463 g/mol. The fourth-order valence-electron chi connectivity index (χ4n) is 4.96. The Kier molecular flexibility index (Phi) is 6.69. The number of nitrogens with zero attached hydrogens (tertiary/aromatic N) is 4. The highest BCUT2D eigenvalue weighted by Gasteiger charge is 2.18. The molecule has 5 heterocycles. The van der Waals surface area contributed by atoms with Gasteiger partial charge in [0.25, 0.3) is 5.88 Å². The summed E-state index contributed by atoms with van der Waals surface area (Å²) in [4.78, 5) is 15.4. The van der Waals surface area contributed by atoms with Gasteiger partial charge in [0.1, 0.15) is 11.2 Å². The third-order valence-electron chi connectivity index (χ3n) is 6.81. The van der Waals surface area contributed by atoms with Crippen LogP contribution >= 0.6 is 0 Å². The second kappa shape index (κ2) is 10.0. The Morgan fingerprint density at radius 3 is 2.76 bits per heavy atom. The standard InChI is InChI=1S/C26H34N6O2/c1-31-17-20(24-22(31)15-23(33-2)26(30-24)34-3)21-14-19-18(8-10-28-25(19)29-21)16-27-9-7-13-32-11-5-4-6-12-32/h8,10,14-15,17,27H,4-7,9,11-13,16H2,1-3H3,(H,28,29). The van der Waals surface area contributed by atoms with Gasteiger partial charge in [0.15, 0.2) is 5.75 Å². The number of pyridine rings is 2. The van der Waals surface area contributed by atoms with Crippen LogP contribution in [-0.2, 0) is 13.6 Å². The van der Waals surface area contributed by atoms with E-state index < -0.39 is 0 Å². The van der Waals surface area contributed by atoms with Crippen molar-refractivity contribution in [1.29, 1.82) is 0 Å². The van der Waals surface area contributed by atoms with E-state index >= 15 is 0 Å². The van der Waals surface area contributed by atoms with Gasteiger partial charge in [0.05, 0.1) is 25.4 Å². The molecule has 1 saturated heterocycles. The molecule has 0 atom stereocenters. The summed E-state index contributed by atoms with van der Waals surface area (Å²) in [5, 5.41) is 4.77. The number of hydrogen-bond donors (Lipinski definition) is 2. The Labute approximate surface area is 200 Å². The summed E-state index contributed by atoms with van der Waals surface area (Å²) in [6.07, 6.45) is 9.24. The van der Waals surface area contributed by atoms with Crippen molar-refractivity contribution in [3.05, 3.63) is 36.2 Å². The molecule has 1 aliphatic rings. The molecule has 0 aromatic carbocycles. The smallest absolute Gasteiger partial charge is 0.257 e. The number of likely N-dealkylation sites (tertiary alicyclic amines) is 1. The van der Waals surface area contributed by atoms with Crippen LogP contribution in [0.5, 0.6) is 11.6 Å². The lowest BCUT2D eigenvalue weighted by molar-refractivity contribution is 0.225. The molecule has 180 valence electrons. The van der Waals surface area contributed by atoms with E-state index in [0.717, 1.165) is 46.4 Å². The van der Waals surface area contributed by atoms with Crippen LogP contribution in [0, 0.1) is 0 Å². The molecule has 0 aliphatic carbocycles. The Morgan fingerprint density at radius 2 is 1.97 bits per heavy atom. The highest BCUT2D eigenvalue weighted by atomic mass is 16.5. The lowest BCUT2D eigenvalue weighted by atomic mass is 10.1. The fourth-order valence-corrected chi connectivity index (χ4v) is 4.96. The van der Waals surface area contributed by atoms with Crippen molar-refractivity contribution in [2.45, 2.75) is 32.2 Å². The van der Waals surface area contributed by atoms with Crippen molar-refractivity contribution in [3.63, 3.8) is 0 Å². The number of hydrogen-bond acceptors (Lipinski definition) is 6. The molecule has 1 fully saturated rings. The fraction of sp³-hybridized carbons (Fsp3) is 0.462. The molecule has 8 nitrogen and oxygen atoms in total. The van der Waals surface area contributed by atoms with Gasteiger partial charge in [-0.1, -0.05) is 6.42 Å². The van der Waals surface area contributed by atoms with Crippen molar-refractivity contribution in [2.24, 2.45) is 7.05 Å². The second-order valence-electron chi connectivity index (χ2n) is 9.07. The maximum atomic E-state index is 5.45. The average Bonchev–Trinajstić information content (AvgIpc) is 3.45. The molecule has 2 N–H and O–H groups in total. The predicted octanol–water partition coefficient (Wildman–Crippen LogP) is 4.10. The molecule has 5 rings (SSSR count). The molecule has 1 aliphatic heterocycles. The van der Waals surface area contributed by atoms with Crippen LogP contribution in [0.1, 0.15) is 31.2 Å². The number of fused-ring (bicyclic) bond motifs is 2. The van der Waals surface area contributed by atoms with Crippen LogP contribution in [0.4, 0.5) is 0 Å². The molecule has 4 aromatic rings. The van der Waals surface area contributed by atoms with Crippen molar-refractivity contribution < 1.29 is 9.47 Å². The van der Waals surface area contributed by atoms with E-state index in [1.54, 1.807) is 14.2 Å². The van der Waals surface area contributed by atoms with Gasteiger partial charge >= 0.3 is 0 Å². The zero-order valence-corrected chi connectivity index (χ0v) is 20.4. The lowest BCUT2D eigenvalue weighted by Crippen LogP contribution is -2.32. The van der Waals surface area contributed by atoms with E-state index in [2.05, 4.69) is 43.1 Å². The highest BCUT2D eigenvalue weighted by Crippen LogP contribution is 2.36. The SMILES string of the molecule is COc1cc2c(nc1OC)c(-c1cc3c(CNCCCN4CCCCC4)ccnc3[nH]1)cn2C. The van der Waals surface area contributed by atoms with Crippen molar-refractivity contribution >= 4 is 22.1 Å². The van der Waals surface area contributed by atoms with E-state index in [1.807, 2.05) is 19.3 Å². The summed E-state index contributed by atoms with van der Waals surface area (Å²) in [5.41, 5.74) is 5.99. The molecule has 0 saturated carbocycles. The van der Waals surface area contributed by atoms with E-state index in [-0.39, 0.29) is 0 Å². The van der Waals surface area contributed by atoms with Gasteiger partial charge in [-0.2, -0.15) is 0 Å². The molecule has 0 unspecified atom stereocenters. The minimum Gasteiger partial charge on any atom is -0.491 e. The summed E-state index contributed by atoms with van der Waals surface area (Å²) in [6.45, 7) is 5.56. The molecule has 0 amide bonds. The number of ether oxygens (including phenoxy) is 2. The van der Waals surface area contributed by atoms with Gasteiger partial charge in [0, 0.05) is 43.0 Å². The van der Waals surface area contributed by atoms with Crippen LogP contribution in [0.3, 0.4) is 0 Å². The Bertz CT molecular complexity index is 1270. The first-order chi connectivity index (χ1) is 16.7. The molecular weight excluding hydrogens is 428 g/mol. The third kappa shape index (κ3) is 4.48. The summed E-state index contributed by atoms with van der Waals surface area (Å²) in [6, 6.07) is 6.25. The highest BCUT2D eigenvalue weighted by molar-refractivity contribution is 5.96. The van der Waals surface area contributed by atoms with Gasteiger partial charge in [-0.15, -0.1) is 0 Å². The first-order valence-electron chi connectivity index (χ1n) is 12.2. The van der Waals surface area contributed by atoms with Crippen LogP contribution < -0.4 is 14.8 Å². The monoisotopic (exact) mass is 462 g/mol. The molecule has 0 spiro atoms. The maximum absolute atomic E-state index is 5.45. The summed E-state index contributed by atoms with van der Waals surface area (Å²) in [7, 11) is 5.25. The minimum absolute atomic E-state index is 0.478. The quantitative estimate of drug-likeness (QED) is 0.365. The number of H-pyrrole nitrogens is 1. The topological polar surface area (TPSA) is 80.2 Å². The molecule has 4 aromatic heterocycles. The second-order valence-corrected chi connectivity index (χ2v) is 9.07. The number of aromatic nitrogens is 4.